The van der Waals surface area contributed by atoms with E-state index in [4.69, 9.17) is 0 Å². The number of nitrogens with one attached hydrogen (secondary N) is 1. The average Bonchev–Trinajstić information content (AvgIpc) is 2.93. The lowest BCUT2D eigenvalue weighted by molar-refractivity contribution is 0.157. The second-order valence-electron chi connectivity index (χ2n) is 4.68. The molecule has 1 aromatic rings. The van der Waals surface area contributed by atoms with Crippen LogP contribution in [0.15, 0.2) is 29.2 Å². The summed E-state index contributed by atoms with van der Waals surface area (Å²) < 4.78 is 0. The second kappa shape index (κ2) is 6.82. The number of likely N-dealkylation sites (tertiary alicyclic amines) is 1. The van der Waals surface area contributed by atoms with Gasteiger partial charge in [0, 0.05) is 18.0 Å². The zero-order valence-corrected chi connectivity index (χ0v) is 11.9. The molecule has 0 aliphatic carbocycles. The molecule has 1 atom stereocenters. The Morgan fingerprint density at radius 1 is 1.47 bits per heavy atom. The molecule has 1 unspecified atom stereocenters. The highest BCUT2D eigenvalue weighted by molar-refractivity contribution is 7.98. The van der Waals surface area contributed by atoms with Crippen LogP contribution in [0.5, 0.6) is 0 Å². The van der Waals surface area contributed by atoms with E-state index in [-0.39, 0.29) is 18.7 Å². The highest BCUT2D eigenvalue weighted by Gasteiger charge is 2.27. The van der Waals surface area contributed by atoms with Gasteiger partial charge in [-0.2, -0.15) is 0 Å². The molecule has 0 saturated carbocycles. The maximum Gasteiger partial charge on any atom is 0.317 e. The van der Waals surface area contributed by atoms with Crippen LogP contribution in [0.2, 0.25) is 0 Å². The van der Waals surface area contributed by atoms with E-state index in [1.165, 1.54) is 4.90 Å². The van der Waals surface area contributed by atoms with Gasteiger partial charge in [-0.25, -0.2) is 4.79 Å². The Hall–Kier alpha value is -1.20. The molecule has 19 heavy (non-hydrogen) atoms. The SMILES string of the molecule is CSc1ccc(CNC(=O)N2CCCC2CO)cc1. The number of benzene rings is 1. The van der Waals surface area contributed by atoms with E-state index in [0.717, 1.165) is 24.9 Å². The van der Waals surface area contributed by atoms with Crippen molar-refractivity contribution in [2.45, 2.75) is 30.3 Å². The number of hydrogen-bond acceptors (Lipinski definition) is 3. The van der Waals surface area contributed by atoms with Crippen LogP contribution in [-0.2, 0) is 6.54 Å². The summed E-state index contributed by atoms with van der Waals surface area (Å²) in [5.74, 6) is 0. The fraction of sp³-hybridized carbons (Fsp3) is 0.500. The van der Waals surface area contributed by atoms with Gasteiger partial charge in [-0.05, 0) is 36.8 Å². The summed E-state index contributed by atoms with van der Waals surface area (Å²) in [4.78, 5) is 15.0. The summed E-state index contributed by atoms with van der Waals surface area (Å²) in [6, 6.07) is 8.07. The molecule has 2 amide bonds. The minimum atomic E-state index is -0.0782. The third-order valence-corrected chi connectivity index (χ3v) is 4.20. The van der Waals surface area contributed by atoms with E-state index in [1.54, 1.807) is 16.7 Å². The summed E-state index contributed by atoms with van der Waals surface area (Å²) in [5, 5.41) is 12.1. The number of nitrogens with zero attached hydrogens (tertiary/aromatic N) is 1. The molecule has 1 aliphatic rings. The van der Waals surface area contributed by atoms with Crippen molar-refractivity contribution in [3.8, 4) is 0 Å². The van der Waals surface area contributed by atoms with Crippen molar-refractivity contribution >= 4 is 17.8 Å². The van der Waals surface area contributed by atoms with Crippen LogP contribution >= 0.6 is 11.8 Å². The summed E-state index contributed by atoms with van der Waals surface area (Å²) >= 11 is 1.70. The van der Waals surface area contributed by atoms with Crippen LogP contribution in [0.4, 0.5) is 4.79 Å². The Bertz CT molecular complexity index is 422. The molecule has 1 fully saturated rings. The molecule has 1 aliphatic heterocycles. The zero-order valence-electron chi connectivity index (χ0n) is 11.1. The first-order valence-corrected chi connectivity index (χ1v) is 7.75. The number of aliphatic hydroxyl groups excluding tert-OH is 1. The Kier molecular flexibility index (Phi) is 5.10. The number of aliphatic hydroxyl groups is 1. The van der Waals surface area contributed by atoms with Crippen molar-refractivity contribution in [3.05, 3.63) is 29.8 Å². The van der Waals surface area contributed by atoms with Crippen LogP contribution in [0, 0.1) is 0 Å². The average molecular weight is 280 g/mol. The van der Waals surface area contributed by atoms with Crippen molar-refractivity contribution < 1.29 is 9.90 Å². The molecule has 0 bridgehead atoms. The standard InChI is InChI=1S/C14H20N2O2S/c1-19-13-6-4-11(5-7-13)9-15-14(18)16-8-2-3-12(16)10-17/h4-7,12,17H,2-3,8-10H2,1H3,(H,15,18). The van der Waals surface area contributed by atoms with E-state index >= 15 is 0 Å². The molecular weight excluding hydrogens is 260 g/mol. The van der Waals surface area contributed by atoms with Crippen LogP contribution in [-0.4, -0.2) is 41.5 Å². The van der Waals surface area contributed by atoms with E-state index in [2.05, 4.69) is 17.4 Å². The van der Waals surface area contributed by atoms with Crippen molar-refractivity contribution in [2.75, 3.05) is 19.4 Å². The van der Waals surface area contributed by atoms with E-state index < -0.39 is 0 Å². The summed E-state index contributed by atoms with van der Waals surface area (Å²) in [6.45, 7) is 1.32. The Morgan fingerprint density at radius 2 is 2.21 bits per heavy atom. The fourth-order valence-corrected chi connectivity index (χ4v) is 2.72. The van der Waals surface area contributed by atoms with E-state index in [9.17, 15) is 9.90 Å². The first-order chi connectivity index (χ1) is 9.24. The third-order valence-electron chi connectivity index (χ3n) is 3.45. The first-order valence-electron chi connectivity index (χ1n) is 6.53. The maximum absolute atomic E-state index is 12.0. The quantitative estimate of drug-likeness (QED) is 0.830. The molecular formula is C14H20N2O2S. The molecule has 1 heterocycles. The van der Waals surface area contributed by atoms with Crippen LogP contribution < -0.4 is 5.32 Å². The predicted octanol–water partition coefficient (Wildman–Crippen LogP) is 2.07. The van der Waals surface area contributed by atoms with Gasteiger partial charge in [-0.3, -0.25) is 0 Å². The van der Waals surface area contributed by atoms with Crippen LogP contribution in [0.25, 0.3) is 0 Å². The van der Waals surface area contributed by atoms with Gasteiger partial charge in [0.15, 0.2) is 0 Å². The van der Waals surface area contributed by atoms with Gasteiger partial charge in [0.2, 0.25) is 0 Å². The van der Waals surface area contributed by atoms with Gasteiger partial charge in [0.25, 0.3) is 0 Å². The Morgan fingerprint density at radius 3 is 2.84 bits per heavy atom. The molecule has 4 nitrogen and oxygen atoms in total. The molecule has 104 valence electrons. The number of amides is 2. The minimum absolute atomic E-state index is 0.0149. The van der Waals surface area contributed by atoms with Crippen LogP contribution in [0.1, 0.15) is 18.4 Å². The fourth-order valence-electron chi connectivity index (χ4n) is 2.32. The number of thioether (sulfide) groups is 1. The van der Waals surface area contributed by atoms with Gasteiger partial charge in [-0.1, -0.05) is 12.1 Å². The number of rotatable bonds is 4. The second-order valence-corrected chi connectivity index (χ2v) is 5.56. The zero-order chi connectivity index (χ0) is 13.7. The van der Waals surface area contributed by atoms with Crippen molar-refractivity contribution in [1.82, 2.24) is 10.2 Å². The lowest BCUT2D eigenvalue weighted by atomic mass is 10.2. The number of urea groups is 1. The summed E-state index contributed by atoms with van der Waals surface area (Å²) in [7, 11) is 0. The third kappa shape index (κ3) is 3.64. The van der Waals surface area contributed by atoms with Crippen molar-refractivity contribution in [1.29, 1.82) is 0 Å². The first kappa shape index (κ1) is 14.2. The number of carbonyl (C=O) groups excluding carboxylic acids is 1. The molecule has 1 saturated heterocycles. The van der Waals surface area contributed by atoms with Gasteiger partial charge < -0.3 is 15.3 Å². The smallest absolute Gasteiger partial charge is 0.317 e. The lowest BCUT2D eigenvalue weighted by Crippen LogP contribution is -2.43. The number of carbonyl (C=O) groups is 1. The molecule has 2 rings (SSSR count). The number of hydrogen-bond donors (Lipinski definition) is 2. The molecule has 5 heteroatoms. The van der Waals surface area contributed by atoms with Gasteiger partial charge in [0.1, 0.15) is 0 Å². The minimum Gasteiger partial charge on any atom is -0.394 e. The molecule has 1 aromatic carbocycles. The van der Waals surface area contributed by atoms with E-state index in [0.29, 0.717) is 6.54 Å². The predicted molar refractivity (Wildman–Crippen MR) is 77.3 cm³/mol. The lowest BCUT2D eigenvalue weighted by Gasteiger charge is -2.23. The highest BCUT2D eigenvalue weighted by Crippen LogP contribution is 2.17. The van der Waals surface area contributed by atoms with Gasteiger partial charge in [0.05, 0.1) is 12.6 Å². The summed E-state index contributed by atoms with van der Waals surface area (Å²) in [5.41, 5.74) is 1.09. The largest absolute Gasteiger partial charge is 0.394 e. The normalized spacial score (nSPS) is 18.6. The topological polar surface area (TPSA) is 52.6 Å². The molecule has 2 N–H and O–H groups in total. The molecule has 0 aromatic heterocycles. The highest BCUT2D eigenvalue weighted by atomic mass is 32.2. The molecule has 0 spiro atoms. The Labute approximate surface area is 118 Å². The van der Waals surface area contributed by atoms with E-state index in [1.807, 2.05) is 18.4 Å². The van der Waals surface area contributed by atoms with Crippen LogP contribution in [0.3, 0.4) is 0 Å². The molecule has 0 radical (unpaired) electrons. The van der Waals surface area contributed by atoms with Crippen molar-refractivity contribution in [2.24, 2.45) is 0 Å². The van der Waals surface area contributed by atoms with Gasteiger partial charge >= 0.3 is 6.03 Å². The summed E-state index contributed by atoms with van der Waals surface area (Å²) in [6.07, 6.45) is 3.91. The maximum atomic E-state index is 12.0. The van der Waals surface area contributed by atoms with Crippen molar-refractivity contribution in [3.63, 3.8) is 0 Å². The monoisotopic (exact) mass is 280 g/mol. The Balaban J connectivity index is 1.85. The van der Waals surface area contributed by atoms with Gasteiger partial charge in [-0.15, -0.1) is 11.8 Å².